The Morgan fingerprint density at radius 3 is 2.89 bits per heavy atom. The fourth-order valence-corrected chi connectivity index (χ4v) is 2.39. The molecule has 0 bridgehead atoms. The summed E-state index contributed by atoms with van der Waals surface area (Å²) in [6, 6.07) is 3.99. The molecule has 1 aliphatic rings. The van der Waals surface area contributed by atoms with Gasteiger partial charge in [0.2, 0.25) is 5.91 Å². The molecule has 2 rings (SSSR count). The third kappa shape index (κ3) is 3.23. The molecule has 1 aromatic rings. The lowest BCUT2D eigenvalue weighted by Crippen LogP contribution is -2.40. The molecule has 4 nitrogen and oxygen atoms in total. The fraction of sp³-hybridized carbons (Fsp3) is 0.500. The van der Waals surface area contributed by atoms with Crippen LogP contribution in [-0.2, 0) is 4.79 Å². The monoisotopic (exact) mass is 248 g/mol. The summed E-state index contributed by atoms with van der Waals surface area (Å²) in [4.78, 5) is 13.7. The Labute approximate surface area is 108 Å². The SMILES string of the molecule is C=CC(=O)NCC(c1ccco1)N1CCCCC1. The van der Waals surface area contributed by atoms with Gasteiger partial charge in [0.25, 0.3) is 0 Å². The van der Waals surface area contributed by atoms with E-state index in [1.165, 1.54) is 25.3 Å². The van der Waals surface area contributed by atoms with Crippen molar-refractivity contribution in [3.05, 3.63) is 36.8 Å². The third-order valence-corrected chi connectivity index (χ3v) is 3.36. The molecule has 18 heavy (non-hydrogen) atoms. The van der Waals surface area contributed by atoms with Gasteiger partial charge >= 0.3 is 0 Å². The van der Waals surface area contributed by atoms with Crippen molar-refractivity contribution in [3.8, 4) is 0 Å². The number of rotatable bonds is 5. The number of nitrogens with one attached hydrogen (secondary N) is 1. The maximum atomic E-state index is 11.3. The van der Waals surface area contributed by atoms with E-state index in [1.54, 1.807) is 6.26 Å². The Morgan fingerprint density at radius 2 is 2.28 bits per heavy atom. The molecule has 0 aliphatic carbocycles. The van der Waals surface area contributed by atoms with Crippen LogP contribution >= 0.6 is 0 Å². The summed E-state index contributed by atoms with van der Waals surface area (Å²) in [5, 5.41) is 2.86. The predicted molar refractivity (Wildman–Crippen MR) is 70.1 cm³/mol. The zero-order valence-corrected chi connectivity index (χ0v) is 10.6. The highest BCUT2D eigenvalue weighted by Gasteiger charge is 2.24. The van der Waals surface area contributed by atoms with Crippen molar-refractivity contribution in [3.63, 3.8) is 0 Å². The van der Waals surface area contributed by atoms with Crippen molar-refractivity contribution in [2.45, 2.75) is 25.3 Å². The van der Waals surface area contributed by atoms with Crippen LogP contribution in [0.1, 0.15) is 31.1 Å². The average molecular weight is 248 g/mol. The normalized spacial score (nSPS) is 18.2. The van der Waals surface area contributed by atoms with Gasteiger partial charge in [-0.1, -0.05) is 13.0 Å². The van der Waals surface area contributed by atoms with Crippen molar-refractivity contribution >= 4 is 5.91 Å². The number of hydrogen-bond donors (Lipinski definition) is 1. The summed E-state index contributed by atoms with van der Waals surface area (Å²) in [7, 11) is 0. The van der Waals surface area contributed by atoms with E-state index in [0.717, 1.165) is 18.8 Å². The molecule has 0 aromatic carbocycles. The van der Waals surface area contributed by atoms with Gasteiger partial charge in [0.05, 0.1) is 12.3 Å². The Bertz CT molecular complexity index is 381. The molecule has 4 heteroatoms. The topological polar surface area (TPSA) is 45.5 Å². The molecule has 1 atom stereocenters. The minimum atomic E-state index is -0.136. The van der Waals surface area contributed by atoms with Gasteiger partial charge in [-0.25, -0.2) is 0 Å². The Hall–Kier alpha value is -1.55. The van der Waals surface area contributed by atoms with Gasteiger partial charge in [0.15, 0.2) is 0 Å². The number of carbonyl (C=O) groups is 1. The van der Waals surface area contributed by atoms with Crippen LogP contribution in [0.5, 0.6) is 0 Å². The summed E-state index contributed by atoms with van der Waals surface area (Å²) >= 11 is 0. The Morgan fingerprint density at radius 1 is 1.50 bits per heavy atom. The molecular formula is C14H20N2O2. The fourth-order valence-electron chi connectivity index (χ4n) is 2.39. The number of hydrogen-bond acceptors (Lipinski definition) is 3. The number of carbonyl (C=O) groups excluding carboxylic acids is 1. The van der Waals surface area contributed by atoms with Gasteiger partial charge in [0, 0.05) is 6.54 Å². The first-order valence-electron chi connectivity index (χ1n) is 6.49. The van der Waals surface area contributed by atoms with Crippen LogP contribution in [0.15, 0.2) is 35.5 Å². The zero-order chi connectivity index (χ0) is 12.8. The summed E-state index contributed by atoms with van der Waals surface area (Å²) < 4.78 is 5.50. The molecule has 0 saturated carbocycles. The van der Waals surface area contributed by atoms with E-state index in [2.05, 4.69) is 16.8 Å². The summed E-state index contributed by atoms with van der Waals surface area (Å²) in [5.41, 5.74) is 0. The molecule has 2 heterocycles. The number of amides is 1. The summed E-state index contributed by atoms with van der Waals surface area (Å²) in [6.07, 6.45) is 6.70. The van der Waals surface area contributed by atoms with Gasteiger partial charge in [-0.2, -0.15) is 0 Å². The smallest absolute Gasteiger partial charge is 0.243 e. The van der Waals surface area contributed by atoms with Crippen LogP contribution in [0.2, 0.25) is 0 Å². The van der Waals surface area contributed by atoms with E-state index in [9.17, 15) is 4.79 Å². The van der Waals surface area contributed by atoms with Crippen LogP contribution in [0.4, 0.5) is 0 Å². The first-order valence-corrected chi connectivity index (χ1v) is 6.49. The van der Waals surface area contributed by atoms with Crippen molar-refractivity contribution in [1.29, 1.82) is 0 Å². The molecule has 0 radical (unpaired) electrons. The zero-order valence-electron chi connectivity index (χ0n) is 10.6. The van der Waals surface area contributed by atoms with E-state index in [1.807, 2.05) is 12.1 Å². The lowest BCUT2D eigenvalue weighted by Gasteiger charge is -2.33. The van der Waals surface area contributed by atoms with Gasteiger partial charge in [-0.3, -0.25) is 9.69 Å². The number of nitrogens with zero attached hydrogens (tertiary/aromatic N) is 1. The molecule has 98 valence electrons. The first kappa shape index (κ1) is 12.9. The molecule has 1 aromatic heterocycles. The quantitative estimate of drug-likeness (QED) is 0.812. The first-order chi connectivity index (χ1) is 8.81. The number of piperidine rings is 1. The minimum Gasteiger partial charge on any atom is -0.468 e. The highest BCUT2D eigenvalue weighted by Crippen LogP contribution is 2.24. The maximum absolute atomic E-state index is 11.3. The van der Waals surface area contributed by atoms with E-state index in [4.69, 9.17) is 4.42 Å². The molecule has 0 spiro atoms. The van der Waals surface area contributed by atoms with Crippen molar-refractivity contribution in [2.75, 3.05) is 19.6 Å². The second-order valence-electron chi connectivity index (χ2n) is 4.58. The Balaban J connectivity index is 2.02. The molecule has 1 saturated heterocycles. The second kappa shape index (κ2) is 6.40. The van der Waals surface area contributed by atoms with Gasteiger partial charge in [-0.15, -0.1) is 0 Å². The highest BCUT2D eigenvalue weighted by molar-refractivity contribution is 5.86. The van der Waals surface area contributed by atoms with Crippen molar-refractivity contribution in [2.24, 2.45) is 0 Å². The third-order valence-electron chi connectivity index (χ3n) is 3.36. The lowest BCUT2D eigenvalue weighted by atomic mass is 10.1. The number of furan rings is 1. The van der Waals surface area contributed by atoms with Crippen LogP contribution in [0, 0.1) is 0 Å². The van der Waals surface area contributed by atoms with Crippen molar-refractivity contribution < 1.29 is 9.21 Å². The highest BCUT2D eigenvalue weighted by atomic mass is 16.3. The summed E-state index contributed by atoms with van der Waals surface area (Å²) in [5.74, 6) is 0.782. The lowest BCUT2D eigenvalue weighted by molar-refractivity contribution is -0.116. The molecule has 1 aliphatic heterocycles. The maximum Gasteiger partial charge on any atom is 0.243 e. The minimum absolute atomic E-state index is 0.129. The second-order valence-corrected chi connectivity index (χ2v) is 4.58. The van der Waals surface area contributed by atoms with E-state index in [0.29, 0.717) is 6.54 Å². The number of likely N-dealkylation sites (tertiary alicyclic amines) is 1. The largest absolute Gasteiger partial charge is 0.468 e. The van der Waals surface area contributed by atoms with Crippen LogP contribution in [-0.4, -0.2) is 30.4 Å². The van der Waals surface area contributed by atoms with Gasteiger partial charge in [0.1, 0.15) is 5.76 Å². The molecule has 1 N–H and O–H groups in total. The predicted octanol–water partition coefficient (Wildman–Crippen LogP) is 2.11. The Kier molecular flexibility index (Phi) is 4.59. The van der Waals surface area contributed by atoms with E-state index < -0.39 is 0 Å². The van der Waals surface area contributed by atoms with E-state index in [-0.39, 0.29) is 11.9 Å². The summed E-state index contributed by atoms with van der Waals surface area (Å²) in [6.45, 7) is 6.16. The van der Waals surface area contributed by atoms with Crippen LogP contribution < -0.4 is 5.32 Å². The van der Waals surface area contributed by atoms with E-state index >= 15 is 0 Å². The molecular weight excluding hydrogens is 228 g/mol. The van der Waals surface area contributed by atoms with Crippen LogP contribution in [0.3, 0.4) is 0 Å². The average Bonchev–Trinajstić information content (AvgIpc) is 2.94. The van der Waals surface area contributed by atoms with Gasteiger partial charge in [-0.05, 0) is 44.1 Å². The van der Waals surface area contributed by atoms with Crippen LogP contribution in [0.25, 0.3) is 0 Å². The van der Waals surface area contributed by atoms with Gasteiger partial charge < -0.3 is 9.73 Å². The standard InChI is InChI=1S/C14H20N2O2/c1-2-14(17)15-11-12(13-7-6-10-18-13)16-8-4-3-5-9-16/h2,6-7,10,12H,1,3-5,8-9,11H2,(H,15,17). The molecule has 1 amide bonds. The molecule has 1 unspecified atom stereocenters. The van der Waals surface area contributed by atoms with Crippen molar-refractivity contribution in [1.82, 2.24) is 10.2 Å². The molecule has 1 fully saturated rings.